The maximum atomic E-state index is 4.03. The van der Waals surface area contributed by atoms with Crippen LogP contribution in [0.2, 0.25) is 0 Å². The molecule has 0 bridgehead atoms. The lowest BCUT2D eigenvalue weighted by Gasteiger charge is -2.30. The third-order valence-corrected chi connectivity index (χ3v) is 3.73. The van der Waals surface area contributed by atoms with Crippen molar-refractivity contribution < 1.29 is 0 Å². The molecule has 0 fully saturated rings. The zero-order chi connectivity index (χ0) is 16.2. The second-order valence-electron chi connectivity index (χ2n) is 5.45. The number of hydrogen-bond acceptors (Lipinski definition) is 1. The molecule has 0 spiro atoms. The number of allylic oxidation sites excluding steroid dienone is 9. The maximum Gasteiger partial charge on any atom is 0.0545 e. The van der Waals surface area contributed by atoms with Crippen molar-refractivity contribution in [3.8, 4) is 0 Å². The number of rotatable bonds is 8. The van der Waals surface area contributed by atoms with Crippen LogP contribution in [0.5, 0.6) is 0 Å². The molecule has 1 heteroatoms. The van der Waals surface area contributed by atoms with Gasteiger partial charge in [0.2, 0.25) is 0 Å². The smallest absolute Gasteiger partial charge is 0.0545 e. The van der Waals surface area contributed by atoms with Crippen LogP contribution in [0, 0.1) is 0 Å². The van der Waals surface area contributed by atoms with E-state index in [1.54, 1.807) is 0 Å². The van der Waals surface area contributed by atoms with Gasteiger partial charge >= 0.3 is 0 Å². The fraction of sp³-hybridized carbons (Fsp3) is 0.333. The molecule has 0 amide bonds. The standard InChI is InChI=1S/C21H29N/c1-5-8-15-20(7-3)22(18-13-14-19(4)6-2)21-16-11-9-10-12-17-21/h5-9,11,13-14,16,18,20H,2-3,10,12,15,17H2,1,4H3/b8-5+,18-13+,19-14-. The molecule has 1 aliphatic carbocycles. The zero-order valence-corrected chi connectivity index (χ0v) is 14.0. The van der Waals surface area contributed by atoms with Gasteiger partial charge in [0.05, 0.1) is 6.04 Å². The predicted octanol–water partition coefficient (Wildman–Crippen LogP) is 6.08. The van der Waals surface area contributed by atoms with Gasteiger partial charge in [-0.3, -0.25) is 0 Å². The van der Waals surface area contributed by atoms with E-state index in [1.165, 1.54) is 12.1 Å². The molecule has 0 radical (unpaired) electrons. The molecule has 0 N–H and O–H groups in total. The Balaban J connectivity index is 3.01. The first-order valence-corrected chi connectivity index (χ1v) is 8.08. The molecule has 0 saturated carbocycles. The molecule has 1 nitrogen and oxygen atoms in total. The fourth-order valence-corrected chi connectivity index (χ4v) is 2.35. The SMILES string of the molecule is C=C/C(C)=C\C=C\N(C1=CC=CCCC1)C(C=C)C/C=C/C. The topological polar surface area (TPSA) is 3.24 Å². The summed E-state index contributed by atoms with van der Waals surface area (Å²) in [7, 11) is 0. The molecule has 1 rings (SSSR count). The Kier molecular flexibility index (Phi) is 8.74. The minimum Gasteiger partial charge on any atom is -0.344 e. The Morgan fingerprint density at radius 3 is 2.91 bits per heavy atom. The van der Waals surface area contributed by atoms with Crippen LogP contribution in [0.25, 0.3) is 0 Å². The van der Waals surface area contributed by atoms with Crippen molar-refractivity contribution in [2.75, 3.05) is 0 Å². The summed E-state index contributed by atoms with van der Waals surface area (Å²) < 4.78 is 0. The molecule has 0 aliphatic heterocycles. The summed E-state index contributed by atoms with van der Waals surface area (Å²) in [5.41, 5.74) is 2.51. The largest absolute Gasteiger partial charge is 0.344 e. The van der Waals surface area contributed by atoms with E-state index < -0.39 is 0 Å². The van der Waals surface area contributed by atoms with E-state index in [9.17, 15) is 0 Å². The third-order valence-electron chi connectivity index (χ3n) is 3.73. The Bertz CT molecular complexity index is 500. The van der Waals surface area contributed by atoms with Crippen molar-refractivity contribution >= 4 is 0 Å². The van der Waals surface area contributed by atoms with E-state index in [-0.39, 0.29) is 6.04 Å². The van der Waals surface area contributed by atoms with Gasteiger partial charge in [-0.1, -0.05) is 54.7 Å². The molecule has 118 valence electrons. The van der Waals surface area contributed by atoms with Gasteiger partial charge in [0.1, 0.15) is 0 Å². The van der Waals surface area contributed by atoms with Gasteiger partial charge in [0.15, 0.2) is 0 Å². The summed E-state index contributed by atoms with van der Waals surface area (Å²) >= 11 is 0. The van der Waals surface area contributed by atoms with E-state index >= 15 is 0 Å². The highest BCUT2D eigenvalue weighted by Gasteiger charge is 2.15. The molecule has 0 aromatic heterocycles. The molecule has 0 heterocycles. The van der Waals surface area contributed by atoms with Crippen molar-refractivity contribution in [3.63, 3.8) is 0 Å². The molecule has 1 aliphatic rings. The van der Waals surface area contributed by atoms with Gasteiger partial charge in [-0.25, -0.2) is 0 Å². The summed E-state index contributed by atoms with van der Waals surface area (Å²) in [5.74, 6) is 0. The van der Waals surface area contributed by atoms with Crippen molar-refractivity contribution in [2.45, 2.75) is 45.6 Å². The van der Waals surface area contributed by atoms with E-state index in [1.807, 2.05) is 12.2 Å². The van der Waals surface area contributed by atoms with Gasteiger partial charge in [-0.2, -0.15) is 0 Å². The summed E-state index contributed by atoms with van der Waals surface area (Å²) in [6.07, 6.45) is 25.6. The minimum absolute atomic E-state index is 0.280. The second-order valence-corrected chi connectivity index (χ2v) is 5.45. The molecule has 1 unspecified atom stereocenters. The molecule has 22 heavy (non-hydrogen) atoms. The molecule has 0 aromatic rings. The first-order chi connectivity index (χ1) is 10.7. The summed E-state index contributed by atoms with van der Waals surface area (Å²) in [6, 6.07) is 0.280. The first-order valence-electron chi connectivity index (χ1n) is 8.08. The quantitative estimate of drug-likeness (QED) is 0.387. The van der Waals surface area contributed by atoms with Gasteiger partial charge in [0, 0.05) is 11.9 Å². The molecule has 0 aromatic carbocycles. The van der Waals surface area contributed by atoms with E-state index in [0.717, 1.165) is 24.8 Å². The van der Waals surface area contributed by atoms with Crippen LogP contribution in [0.15, 0.2) is 85.3 Å². The van der Waals surface area contributed by atoms with Crippen molar-refractivity contribution in [3.05, 3.63) is 85.3 Å². The van der Waals surface area contributed by atoms with Gasteiger partial charge < -0.3 is 4.90 Å². The van der Waals surface area contributed by atoms with E-state index in [0.29, 0.717) is 0 Å². The monoisotopic (exact) mass is 295 g/mol. The Morgan fingerprint density at radius 1 is 1.41 bits per heavy atom. The Labute approximate surface area is 136 Å². The zero-order valence-electron chi connectivity index (χ0n) is 14.0. The van der Waals surface area contributed by atoms with Crippen LogP contribution in [-0.2, 0) is 0 Å². The van der Waals surface area contributed by atoms with Crippen molar-refractivity contribution in [1.82, 2.24) is 4.90 Å². The minimum atomic E-state index is 0.280. The van der Waals surface area contributed by atoms with Crippen LogP contribution in [-0.4, -0.2) is 10.9 Å². The molecular weight excluding hydrogens is 266 g/mol. The number of nitrogens with zero attached hydrogens (tertiary/aromatic N) is 1. The average molecular weight is 295 g/mol. The van der Waals surface area contributed by atoms with Crippen molar-refractivity contribution in [2.24, 2.45) is 0 Å². The highest BCUT2D eigenvalue weighted by molar-refractivity contribution is 5.23. The maximum absolute atomic E-state index is 4.03. The normalized spacial score (nSPS) is 17.4. The van der Waals surface area contributed by atoms with Crippen LogP contribution in [0.4, 0.5) is 0 Å². The van der Waals surface area contributed by atoms with Gasteiger partial charge in [-0.15, -0.1) is 6.58 Å². The van der Waals surface area contributed by atoms with Gasteiger partial charge in [0.25, 0.3) is 0 Å². The van der Waals surface area contributed by atoms with Gasteiger partial charge in [-0.05, 0) is 51.7 Å². The molecule has 1 atom stereocenters. The predicted molar refractivity (Wildman–Crippen MR) is 99.4 cm³/mol. The molecular formula is C21H29N. The van der Waals surface area contributed by atoms with E-state index in [2.05, 4.69) is 80.6 Å². The average Bonchev–Trinajstić information content (AvgIpc) is 2.82. The Hall–Kier alpha value is -2.02. The third kappa shape index (κ3) is 6.17. The molecule has 0 saturated heterocycles. The van der Waals surface area contributed by atoms with E-state index in [4.69, 9.17) is 0 Å². The second kappa shape index (κ2) is 10.7. The fourth-order valence-electron chi connectivity index (χ4n) is 2.35. The van der Waals surface area contributed by atoms with Crippen molar-refractivity contribution in [1.29, 1.82) is 0 Å². The lowest BCUT2D eigenvalue weighted by Crippen LogP contribution is -2.28. The summed E-state index contributed by atoms with van der Waals surface area (Å²) in [4.78, 5) is 2.34. The van der Waals surface area contributed by atoms with Crippen LogP contribution in [0.1, 0.15) is 39.5 Å². The lowest BCUT2D eigenvalue weighted by atomic mass is 10.1. The first kappa shape index (κ1) is 18.0. The highest BCUT2D eigenvalue weighted by atomic mass is 15.1. The van der Waals surface area contributed by atoms with Crippen LogP contribution < -0.4 is 0 Å². The van der Waals surface area contributed by atoms with Crippen LogP contribution in [0.3, 0.4) is 0 Å². The summed E-state index contributed by atoms with van der Waals surface area (Å²) in [6.45, 7) is 11.9. The number of hydrogen-bond donors (Lipinski definition) is 0. The Morgan fingerprint density at radius 2 is 2.23 bits per heavy atom. The lowest BCUT2D eigenvalue weighted by molar-refractivity contribution is 0.379. The highest BCUT2D eigenvalue weighted by Crippen LogP contribution is 2.22. The summed E-state index contributed by atoms with van der Waals surface area (Å²) in [5, 5.41) is 0. The van der Waals surface area contributed by atoms with Crippen LogP contribution >= 0.6 is 0 Å².